The predicted octanol–water partition coefficient (Wildman–Crippen LogP) is 4.49. The first-order chi connectivity index (χ1) is 12.1. The molecule has 0 saturated heterocycles. The Kier molecular flexibility index (Phi) is 4.65. The maximum absolute atomic E-state index is 12.9. The normalized spacial score (nSPS) is 32.6. The molecular formula is C21H26O3S. The van der Waals surface area contributed by atoms with Crippen molar-refractivity contribution in [2.45, 2.75) is 44.3 Å². The summed E-state index contributed by atoms with van der Waals surface area (Å²) < 4.78 is 5.42. The van der Waals surface area contributed by atoms with Gasteiger partial charge in [-0.05, 0) is 80.2 Å². The van der Waals surface area contributed by atoms with Gasteiger partial charge in [0.15, 0.2) is 12.4 Å². The number of benzene rings is 1. The number of ketones is 1. The van der Waals surface area contributed by atoms with Crippen molar-refractivity contribution < 1.29 is 14.3 Å². The first-order valence-electron chi connectivity index (χ1n) is 9.36. The van der Waals surface area contributed by atoms with E-state index < -0.39 is 0 Å². The highest BCUT2D eigenvalue weighted by Crippen LogP contribution is 2.60. The Bertz CT molecular complexity index is 646. The molecule has 134 valence electrons. The van der Waals surface area contributed by atoms with Crippen LogP contribution in [0.2, 0.25) is 0 Å². The Balaban J connectivity index is 1.39. The van der Waals surface area contributed by atoms with Crippen LogP contribution in [0.25, 0.3) is 0 Å². The van der Waals surface area contributed by atoms with Crippen molar-refractivity contribution in [2.24, 2.45) is 23.2 Å². The first-order valence-corrected chi connectivity index (χ1v) is 10.8. The maximum atomic E-state index is 12.9. The molecule has 0 aromatic heterocycles. The summed E-state index contributed by atoms with van der Waals surface area (Å²) >= 11 is 1.72. The summed E-state index contributed by atoms with van der Waals surface area (Å²) in [6.45, 7) is -0.0578. The molecule has 4 fully saturated rings. The van der Waals surface area contributed by atoms with E-state index in [4.69, 9.17) is 4.74 Å². The Hall–Kier alpha value is -1.29. The lowest BCUT2D eigenvalue weighted by Crippen LogP contribution is -2.51. The molecule has 4 aliphatic carbocycles. The lowest BCUT2D eigenvalue weighted by atomic mass is 9.48. The molecule has 4 bridgehead atoms. The van der Waals surface area contributed by atoms with E-state index in [1.165, 1.54) is 19.3 Å². The number of rotatable bonds is 6. The van der Waals surface area contributed by atoms with Crippen molar-refractivity contribution in [3.05, 3.63) is 35.4 Å². The zero-order valence-electron chi connectivity index (χ0n) is 14.8. The zero-order chi connectivity index (χ0) is 17.4. The minimum absolute atomic E-state index is 0.0578. The van der Waals surface area contributed by atoms with Crippen LogP contribution in [0.4, 0.5) is 0 Å². The number of hydrogen-bond acceptors (Lipinski definition) is 4. The Morgan fingerprint density at radius 2 is 1.76 bits per heavy atom. The summed E-state index contributed by atoms with van der Waals surface area (Å²) in [4.78, 5) is 25.3. The fourth-order valence-electron chi connectivity index (χ4n) is 5.77. The van der Waals surface area contributed by atoms with Crippen molar-refractivity contribution in [1.82, 2.24) is 0 Å². The van der Waals surface area contributed by atoms with Crippen LogP contribution in [0.3, 0.4) is 0 Å². The lowest BCUT2D eigenvalue weighted by molar-refractivity contribution is -0.147. The number of carbonyl (C=O) groups excluding carboxylic acids is 2. The van der Waals surface area contributed by atoms with Crippen LogP contribution in [0.5, 0.6) is 0 Å². The number of Topliss-reactive ketones (excluding diaryl/α,β-unsaturated/α-hetero) is 1. The molecule has 25 heavy (non-hydrogen) atoms. The van der Waals surface area contributed by atoms with E-state index in [1.54, 1.807) is 17.8 Å². The number of hydrogen-bond donors (Lipinski definition) is 0. The molecule has 4 saturated carbocycles. The van der Waals surface area contributed by atoms with Crippen molar-refractivity contribution in [3.63, 3.8) is 0 Å². The third-order valence-electron chi connectivity index (χ3n) is 6.44. The van der Waals surface area contributed by atoms with Gasteiger partial charge in [-0.3, -0.25) is 4.79 Å². The van der Waals surface area contributed by atoms with Gasteiger partial charge in [0.25, 0.3) is 0 Å². The van der Waals surface area contributed by atoms with Crippen LogP contribution in [0.15, 0.2) is 24.3 Å². The molecule has 5 rings (SSSR count). The van der Waals surface area contributed by atoms with E-state index in [9.17, 15) is 9.59 Å². The molecule has 1 aromatic rings. The van der Waals surface area contributed by atoms with Gasteiger partial charge in [0, 0.05) is 11.2 Å². The van der Waals surface area contributed by atoms with Gasteiger partial charge < -0.3 is 4.74 Å². The molecule has 0 atom stereocenters. The quantitative estimate of drug-likeness (QED) is 0.703. The lowest BCUT2D eigenvalue weighted by Gasteiger charge is -2.55. The Morgan fingerprint density at radius 1 is 1.12 bits per heavy atom. The average molecular weight is 359 g/mol. The monoisotopic (exact) mass is 358 g/mol. The van der Waals surface area contributed by atoms with Gasteiger partial charge in [-0.2, -0.15) is 11.8 Å². The van der Waals surface area contributed by atoms with E-state index in [-0.39, 0.29) is 23.8 Å². The van der Waals surface area contributed by atoms with Crippen molar-refractivity contribution in [3.8, 4) is 0 Å². The van der Waals surface area contributed by atoms with Gasteiger partial charge in [0.05, 0.1) is 5.56 Å². The molecule has 0 unspecified atom stereocenters. The summed E-state index contributed by atoms with van der Waals surface area (Å²) in [5.41, 5.74) is 1.47. The largest absolute Gasteiger partial charge is 0.454 e. The molecule has 1 aromatic carbocycles. The second-order valence-electron chi connectivity index (χ2n) is 8.33. The third-order valence-corrected chi connectivity index (χ3v) is 7.06. The third kappa shape index (κ3) is 3.38. The molecule has 0 heterocycles. The van der Waals surface area contributed by atoms with E-state index >= 15 is 0 Å². The van der Waals surface area contributed by atoms with Crippen LogP contribution < -0.4 is 0 Å². The van der Waals surface area contributed by atoms with Gasteiger partial charge in [-0.15, -0.1) is 0 Å². The smallest absolute Gasteiger partial charge is 0.338 e. The van der Waals surface area contributed by atoms with Crippen LogP contribution in [0, 0.1) is 23.2 Å². The first kappa shape index (κ1) is 17.1. The highest BCUT2D eigenvalue weighted by Gasteiger charge is 2.54. The Labute approximate surface area is 153 Å². The average Bonchev–Trinajstić information content (AvgIpc) is 2.58. The van der Waals surface area contributed by atoms with Gasteiger partial charge in [0.2, 0.25) is 0 Å². The predicted molar refractivity (Wildman–Crippen MR) is 99.6 cm³/mol. The van der Waals surface area contributed by atoms with Gasteiger partial charge in [-0.25, -0.2) is 4.79 Å². The molecule has 3 nitrogen and oxygen atoms in total. The van der Waals surface area contributed by atoms with E-state index in [1.807, 2.05) is 24.5 Å². The maximum Gasteiger partial charge on any atom is 0.338 e. The summed E-state index contributed by atoms with van der Waals surface area (Å²) in [7, 11) is 0. The van der Waals surface area contributed by atoms with Crippen molar-refractivity contribution >= 4 is 23.5 Å². The fourth-order valence-corrected chi connectivity index (χ4v) is 6.29. The van der Waals surface area contributed by atoms with Gasteiger partial charge in [-0.1, -0.05) is 12.1 Å². The number of thioether (sulfide) groups is 1. The molecule has 4 heteroatoms. The summed E-state index contributed by atoms with van der Waals surface area (Å²) in [6.07, 6.45) is 9.06. The zero-order valence-corrected chi connectivity index (χ0v) is 15.6. The van der Waals surface area contributed by atoms with Gasteiger partial charge in [0.1, 0.15) is 0 Å². The van der Waals surface area contributed by atoms with E-state index in [0.29, 0.717) is 5.56 Å². The van der Waals surface area contributed by atoms with Crippen LogP contribution in [-0.2, 0) is 15.3 Å². The van der Waals surface area contributed by atoms with E-state index in [2.05, 4.69) is 0 Å². The number of esters is 1. The summed E-state index contributed by atoms with van der Waals surface area (Å²) in [6, 6.07) is 7.52. The summed E-state index contributed by atoms with van der Waals surface area (Å²) in [5, 5.41) is 0. The minimum atomic E-state index is -0.374. The second kappa shape index (κ2) is 6.79. The second-order valence-corrected chi connectivity index (χ2v) is 9.20. The fraction of sp³-hybridized carbons (Fsp3) is 0.619. The van der Waals surface area contributed by atoms with Crippen molar-refractivity contribution in [1.29, 1.82) is 0 Å². The molecule has 4 aliphatic rings. The van der Waals surface area contributed by atoms with Crippen LogP contribution in [0.1, 0.15) is 54.4 Å². The molecule has 0 N–H and O–H groups in total. The minimum Gasteiger partial charge on any atom is -0.454 e. The molecule has 0 spiro atoms. The van der Waals surface area contributed by atoms with E-state index in [0.717, 1.165) is 48.3 Å². The Morgan fingerprint density at radius 3 is 2.36 bits per heavy atom. The number of ether oxygens (including phenoxy) is 1. The van der Waals surface area contributed by atoms with Crippen LogP contribution in [-0.4, -0.2) is 24.6 Å². The summed E-state index contributed by atoms with van der Waals surface area (Å²) in [5.74, 6) is 2.85. The van der Waals surface area contributed by atoms with Gasteiger partial charge >= 0.3 is 5.97 Å². The molecular weight excluding hydrogens is 332 g/mol. The van der Waals surface area contributed by atoms with Crippen LogP contribution >= 0.6 is 11.8 Å². The highest BCUT2D eigenvalue weighted by molar-refractivity contribution is 7.97. The van der Waals surface area contributed by atoms with Crippen molar-refractivity contribution in [2.75, 3.05) is 12.9 Å². The number of carbonyl (C=O) groups is 2. The molecule has 0 amide bonds. The highest BCUT2D eigenvalue weighted by atomic mass is 32.2. The SMILES string of the molecule is CSCc1cccc(C(=O)OCC(=O)C23CC4CC(CC(C4)C2)C3)c1. The molecule has 0 aliphatic heterocycles. The standard InChI is InChI=1S/C21H26O3S/c1-25-13-14-3-2-4-18(8-14)20(23)24-12-19(22)21-9-15-5-16(10-21)7-17(6-15)11-21/h2-4,8,15-17H,5-7,9-13H2,1H3. The molecule has 0 radical (unpaired) electrons. The topological polar surface area (TPSA) is 43.4 Å².